The smallest absolute Gasteiger partial charge is 0.375 e. The summed E-state index contributed by atoms with van der Waals surface area (Å²) >= 11 is 0. The first-order chi connectivity index (χ1) is 13.0. The molecule has 2 bridgehead atoms. The molecule has 2 rings (SSSR count). The van der Waals surface area contributed by atoms with Gasteiger partial charge in [-0.15, -0.1) is 0 Å². The van der Waals surface area contributed by atoms with Crippen LogP contribution in [0.5, 0.6) is 0 Å². The SMILES string of the molecule is CCC(C)(C)C(=O)OC1CC2CC(C(=O)OCC(F)(F)C(F)(F)C(C)(F)F)C1C2. The third-order valence-electron chi connectivity index (χ3n) is 6.16. The van der Waals surface area contributed by atoms with E-state index in [1.807, 2.05) is 6.92 Å². The summed E-state index contributed by atoms with van der Waals surface area (Å²) in [5, 5.41) is 0. The Morgan fingerprint density at radius 3 is 2.03 bits per heavy atom. The van der Waals surface area contributed by atoms with Crippen LogP contribution in [0.2, 0.25) is 0 Å². The highest BCUT2D eigenvalue weighted by molar-refractivity contribution is 5.76. The summed E-state index contributed by atoms with van der Waals surface area (Å²) in [6, 6.07) is 0. The molecule has 0 N–H and O–H groups in total. The van der Waals surface area contributed by atoms with E-state index in [1.165, 1.54) is 0 Å². The maximum atomic E-state index is 13.6. The van der Waals surface area contributed by atoms with Crippen LogP contribution in [-0.2, 0) is 19.1 Å². The van der Waals surface area contributed by atoms with Gasteiger partial charge in [0.2, 0.25) is 0 Å². The van der Waals surface area contributed by atoms with Crippen molar-refractivity contribution >= 4 is 11.9 Å². The number of carbonyl (C=O) groups excluding carboxylic acids is 2. The van der Waals surface area contributed by atoms with Crippen molar-refractivity contribution in [1.29, 1.82) is 0 Å². The van der Waals surface area contributed by atoms with Crippen LogP contribution in [0.4, 0.5) is 26.3 Å². The zero-order valence-corrected chi connectivity index (χ0v) is 16.7. The van der Waals surface area contributed by atoms with Crippen molar-refractivity contribution < 1.29 is 45.4 Å². The zero-order valence-electron chi connectivity index (χ0n) is 16.7. The lowest BCUT2D eigenvalue weighted by molar-refractivity contribution is -0.311. The fourth-order valence-electron chi connectivity index (χ4n) is 3.81. The summed E-state index contributed by atoms with van der Waals surface area (Å²) in [4.78, 5) is 24.5. The molecule has 0 radical (unpaired) electrons. The molecule has 0 saturated heterocycles. The first-order valence-electron chi connectivity index (χ1n) is 9.54. The van der Waals surface area contributed by atoms with Crippen LogP contribution in [0.3, 0.4) is 0 Å². The van der Waals surface area contributed by atoms with Gasteiger partial charge in [0.1, 0.15) is 6.10 Å². The molecule has 4 nitrogen and oxygen atoms in total. The Hall–Kier alpha value is -1.48. The summed E-state index contributed by atoms with van der Waals surface area (Å²) < 4.78 is 89.2. The fraction of sp³-hybridized carbons (Fsp3) is 0.895. The van der Waals surface area contributed by atoms with Crippen LogP contribution >= 0.6 is 0 Å². The van der Waals surface area contributed by atoms with E-state index < -0.39 is 59.7 Å². The molecule has 4 unspecified atom stereocenters. The molecule has 2 saturated carbocycles. The number of carbonyl (C=O) groups is 2. The molecule has 2 aliphatic rings. The van der Waals surface area contributed by atoms with Crippen molar-refractivity contribution in [3.05, 3.63) is 0 Å². The number of rotatable bonds is 8. The van der Waals surface area contributed by atoms with Gasteiger partial charge in [-0.2, -0.15) is 26.3 Å². The van der Waals surface area contributed by atoms with Crippen molar-refractivity contribution in [2.75, 3.05) is 6.61 Å². The lowest BCUT2D eigenvalue weighted by Crippen LogP contribution is -2.55. The number of fused-ring (bicyclic) bond motifs is 2. The van der Waals surface area contributed by atoms with Gasteiger partial charge in [0.25, 0.3) is 0 Å². The van der Waals surface area contributed by atoms with Gasteiger partial charge in [-0.05, 0) is 45.4 Å². The highest BCUT2D eigenvalue weighted by Gasteiger charge is 2.69. The van der Waals surface area contributed by atoms with Crippen LogP contribution in [0.15, 0.2) is 0 Å². The number of hydrogen-bond acceptors (Lipinski definition) is 4. The van der Waals surface area contributed by atoms with Crippen molar-refractivity contribution in [2.24, 2.45) is 23.2 Å². The third-order valence-corrected chi connectivity index (χ3v) is 6.16. The van der Waals surface area contributed by atoms with Crippen molar-refractivity contribution in [1.82, 2.24) is 0 Å². The third kappa shape index (κ3) is 4.50. The minimum Gasteiger partial charge on any atom is -0.462 e. The summed E-state index contributed by atoms with van der Waals surface area (Å²) in [5.74, 6) is -18.8. The van der Waals surface area contributed by atoms with E-state index in [-0.39, 0.29) is 12.8 Å². The lowest BCUT2D eigenvalue weighted by atomic mass is 9.86. The van der Waals surface area contributed by atoms with Gasteiger partial charge < -0.3 is 9.47 Å². The molecule has 4 atom stereocenters. The van der Waals surface area contributed by atoms with Crippen LogP contribution in [0, 0.1) is 23.2 Å². The van der Waals surface area contributed by atoms with E-state index in [1.54, 1.807) is 13.8 Å². The number of ether oxygens (including phenoxy) is 2. The molecule has 0 aromatic rings. The monoisotopic (exact) mass is 432 g/mol. The quantitative estimate of drug-likeness (QED) is 0.407. The number of hydrogen-bond donors (Lipinski definition) is 0. The molecule has 0 aromatic carbocycles. The van der Waals surface area contributed by atoms with E-state index in [2.05, 4.69) is 4.74 Å². The number of halogens is 6. The van der Waals surface area contributed by atoms with Crippen LogP contribution in [0.25, 0.3) is 0 Å². The second-order valence-corrected chi connectivity index (χ2v) is 8.80. The predicted molar refractivity (Wildman–Crippen MR) is 89.7 cm³/mol. The standard InChI is InChI=1S/C19H26F6O4/c1-5-16(2,3)15(27)29-13-8-10-6-11(13)12(7-10)14(26)28-9-18(22,23)19(24,25)17(4,20)21/h10-13H,5-9H2,1-4H3. The van der Waals surface area contributed by atoms with Crippen molar-refractivity contribution in [2.45, 2.75) is 77.2 Å². The average Bonchev–Trinajstić information content (AvgIpc) is 3.18. The highest BCUT2D eigenvalue weighted by atomic mass is 19.3. The Morgan fingerprint density at radius 1 is 0.966 bits per heavy atom. The maximum Gasteiger partial charge on any atom is 0.375 e. The van der Waals surface area contributed by atoms with Gasteiger partial charge in [0, 0.05) is 12.8 Å². The minimum absolute atomic E-state index is 0.0158. The van der Waals surface area contributed by atoms with Gasteiger partial charge in [0.15, 0.2) is 6.61 Å². The molecule has 0 spiro atoms. The van der Waals surface area contributed by atoms with Crippen molar-refractivity contribution in [3.63, 3.8) is 0 Å². The second kappa shape index (κ2) is 7.65. The molecule has 10 heteroatoms. The van der Waals surface area contributed by atoms with Gasteiger partial charge >= 0.3 is 29.7 Å². The molecule has 168 valence electrons. The van der Waals surface area contributed by atoms with Crippen LogP contribution in [0.1, 0.15) is 53.4 Å². The van der Waals surface area contributed by atoms with Gasteiger partial charge in [-0.3, -0.25) is 9.59 Å². The predicted octanol–water partition coefficient (Wildman–Crippen LogP) is 4.85. The Kier molecular flexibility index (Phi) is 6.28. The van der Waals surface area contributed by atoms with Gasteiger partial charge in [0.05, 0.1) is 11.3 Å². The molecular formula is C19H26F6O4. The molecule has 2 fully saturated rings. The average molecular weight is 432 g/mol. The summed E-state index contributed by atoms with van der Waals surface area (Å²) in [7, 11) is 0. The fourth-order valence-corrected chi connectivity index (χ4v) is 3.81. The Balaban J connectivity index is 1.99. The Morgan fingerprint density at radius 2 is 1.55 bits per heavy atom. The largest absolute Gasteiger partial charge is 0.462 e. The van der Waals surface area contributed by atoms with E-state index in [0.29, 0.717) is 25.7 Å². The summed E-state index contributed by atoms with van der Waals surface area (Å²) in [6.45, 7) is 2.76. The second-order valence-electron chi connectivity index (χ2n) is 8.80. The maximum absolute atomic E-state index is 13.6. The molecular weight excluding hydrogens is 406 g/mol. The molecule has 0 amide bonds. The lowest BCUT2D eigenvalue weighted by Gasteiger charge is -2.32. The molecule has 0 heterocycles. The Bertz CT molecular complexity index is 643. The van der Waals surface area contributed by atoms with Crippen molar-refractivity contribution in [3.8, 4) is 0 Å². The van der Waals surface area contributed by atoms with E-state index in [0.717, 1.165) is 0 Å². The normalized spacial score (nSPS) is 27.8. The van der Waals surface area contributed by atoms with E-state index >= 15 is 0 Å². The van der Waals surface area contributed by atoms with Crippen LogP contribution in [-0.4, -0.2) is 42.4 Å². The summed E-state index contributed by atoms with van der Waals surface area (Å²) in [5.41, 5.74) is -0.725. The van der Waals surface area contributed by atoms with E-state index in [4.69, 9.17) is 4.74 Å². The number of alkyl halides is 6. The van der Waals surface area contributed by atoms with Gasteiger partial charge in [-0.25, -0.2) is 0 Å². The molecule has 29 heavy (non-hydrogen) atoms. The first-order valence-corrected chi connectivity index (χ1v) is 9.54. The first kappa shape index (κ1) is 23.8. The zero-order chi connectivity index (χ0) is 22.4. The van der Waals surface area contributed by atoms with Gasteiger partial charge in [-0.1, -0.05) is 6.92 Å². The highest BCUT2D eigenvalue weighted by Crippen LogP contribution is 2.51. The number of esters is 2. The summed E-state index contributed by atoms with van der Waals surface area (Å²) in [6.07, 6.45) is 1.27. The Labute approximate surface area is 165 Å². The molecule has 0 aromatic heterocycles. The molecule has 0 aliphatic heterocycles. The van der Waals surface area contributed by atoms with Crippen LogP contribution < -0.4 is 0 Å². The topological polar surface area (TPSA) is 52.6 Å². The van der Waals surface area contributed by atoms with E-state index in [9.17, 15) is 35.9 Å². The minimum atomic E-state index is -5.67. The molecule has 2 aliphatic carbocycles.